The first-order valence-corrected chi connectivity index (χ1v) is 8.47. The maximum Gasteiger partial charge on any atom is 0.163 e. The molecule has 0 fully saturated rings. The summed E-state index contributed by atoms with van der Waals surface area (Å²) in [5.41, 5.74) is 2.76. The number of hydrogen-bond acceptors (Lipinski definition) is 3. The van der Waals surface area contributed by atoms with E-state index in [1.165, 1.54) is 19.6 Å². The Balaban J connectivity index is 2.18. The van der Waals surface area contributed by atoms with Gasteiger partial charge in [-0.05, 0) is 50.7 Å². The molecule has 1 N–H and O–H groups in total. The Hall–Kier alpha value is -2.00. The van der Waals surface area contributed by atoms with Crippen molar-refractivity contribution in [1.29, 1.82) is 0 Å². The number of aryl methyl sites for hydroxylation is 1. The molecule has 24 heavy (non-hydrogen) atoms. The van der Waals surface area contributed by atoms with Gasteiger partial charge in [0.05, 0.1) is 17.7 Å². The van der Waals surface area contributed by atoms with Gasteiger partial charge in [0.25, 0.3) is 0 Å². The Bertz CT molecular complexity index is 724. The molecule has 0 saturated heterocycles. The Morgan fingerprint density at radius 3 is 2.38 bits per heavy atom. The van der Waals surface area contributed by atoms with Crippen molar-refractivity contribution in [2.45, 2.75) is 39.5 Å². The fourth-order valence-electron chi connectivity index (χ4n) is 3.00. The molecule has 3 nitrogen and oxygen atoms in total. The zero-order chi connectivity index (χ0) is 17.7. The second-order valence-corrected chi connectivity index (χ2v) is 6.30. The molecule has 0 spiro atoms. The number of Topliss-reactive ketones (excluding diaryl/α,β-unsaturated/α-hetero) is 1. The Morgan fingerprint density at radius 2 is 1.79 bits per heavy atom. The topological polar surface area (TPSA) is 46.5 Å². The Kier molecular flexibility index (Phi) is 6.27. The molecule has 0 unspecified atom stereocenters. The highest BCUT2D eigenvalue weighted by Gasteiger charge is 2.23. The van der Waals surface area contributed by atoms with Crippen LogP contribution in [0.1, 0.15) is 46.8 Å². The van der Waals surface area contributed by atoms with Crippen LogP contribution >= 0.6 is 11.6 Å². The Labute approximate surface area is 148 Å². The van der Waals surface area contributed by atoms with Crippen molar-refractivity contribution in [3.63, 3.8) is 0 Å². The molecule has 0 aliphatic rings. The summed E-state index contributed by atoms with van der Waals surface area (Å²) in [5.74, 6) is 0.275. The lowest BCUT2D eigenvalue weighted by Gasteiger charge is -2.17. The third kappa shape index (κ3) is 3.90. The van der Waals surface area contributed by atoms with Gasteiger partial charge in [0.2, 0.25) is 0 Å². The molecule has 2 rings (SSSR count). The van der Waals surface area contributed by atoms with Crippen molar-refractivity contribution in [3.8, 4) is 11.5 Å². The van der Waals surface area contributed by atoms with Crippen LogP contribution in [0.5, 0.6) is 11.5 Å². The molecule has 2 aromatic rings. The fraction of sp³-hybridized carbons (Fsp3) is 0.350. The minimum atomic E-state index is -0.194. The highest BCUT2D eigenvalue weighted by Crippen LogP contribution is 2.42. The van der Waals surface area contributed by atoms with Crippen LogP contribution in [-0.4, -0.2) is 18.0 Å². The van der Waals surface area contributed by atoms with E-state index in [9.17, 15) is 9.90 Å². The van der Waals surface area contributed by atoms with Crippen LogP contribution < -0.4 is 4.74 Å². The van der Waals surface area contributed by atoms with Crippen LogP contribution in [0.4, 0.5) is 0 Å². The maximum absolute atomic E-state index is 11.8. The molecule has 128 valence electrons. The average Bonchev–Trinajstić information content (AvgIpc) is 2.56. The Morgan fingerprint density at radius 1 is 1.17 bits per heavy atom. The largest absolute Gasteiger partial charge is 0.507 e. The minimum Gasteiger partial charge on any atom is -0.507 e. The van der Waals surface area contributed by atoms with Crippen LogP contribution in [0.2, 0.25) is 5.02 Å². The van der Waals surface area contributed by atoms with Crippen LogP contribution in [0.25, 0.3) is 0 Å². The van der Waals surface area contributed by atoms with Crippen LogP contribution in [-0.2, 0) is 12.8 Å². The number of benzene rings is 2. The van der Waals surface area contributed by atoms with Gasteiger partial charge in [-0.15, -0.1) is 0 Å². The molecule has 2 aromatic carbocycles. The zero-order valence-corrected chi connectivity index (χ0v) is 15.1. The second-order valence-electron chi connectivity index (χ2n) is 5.92. The summed E-state index contributed by atoms with van der Waals surface area (Å²) < 4.78 is 5.38. The number of hydrogen-bond donors (Lipinski definition) is 1. The van der Waals surface area contributed by atoms with E-state index in [0.717, 1.165) is 19.3 Å². The van der Waals surface area contributed by atoms with Crippen LogP contribution in [0, 0.1) is 6.92 Å². The molecule has 0 saturated carbocycles. The molecule has 0 aliphatic heterocycles. The zero-order valence-electron chi connectivity index (χ0n) is 14.4. The number of rotatable bonds is 7. The predicted octanol–water partition coefficient (Wildman–Crippen LogP) is 5.13. The van der Waals surface area contributed by atoms with E-state index in [1.807, 2.05) is 18.2 Å². The van der Waals surface area contributed by atoms with Gasteiger partial charge in [-0.2, -0.15) is 0 Å². The lowest BCUT2D eigenvalue weighted by atomic mass is 9.95. The number of halogens is 1. The summed E-state index contributed by atoms with van der Waals surface area (Å²) in [4.78, 5) is 11.8. The number of ketones is 1. The summed E-state index contributed by atoms with van der Waals surface area (Å²) in [6, 6.07) is 10.3. The monoisotopic (exact) mass is 346 g/mol. The lowest BCUT2D eigenvalue weighted by Crippen LogP contribution is -2.04. The van der Waals surface area contributed by atoms with Crippen molar-refractivity contribution in [2.24, 2.45) is 0 Å². The van der Waals surface area contributed by atoms with Crippen molar-refractivity contribution in [1.82, 2.24) is 0 Å². The van der Waals surface area contributed by atoms with Crippen LogP contribution in [0.15, 0.2) is 30.3 Å². The first-order valence-electron chi connectivity index (χ1n) is 8.10. The third-order valence-electron chi connectivity index (χ3n) is 4.24. The number of carbonyl (C=O) groups is 1. The smallest absolute Gasteiger partial charge is 0.163 e. The van der Waals surface area contributed by atoms with Gasteiger partial charge in [-0.1, -0.05) is 41.9 Å². The average molecular weight is 347 g/mol. The molecular weight excluding hydrogens is 324 g/mol. The molecule has 0 aromatic heterocycles. The molecule has 0 amide bonds. The van der Waals surface area contributed by atoms with Gasteiger partial charge in [-0.3, -0.25) is 4.79 Å². The first kappa shape index (κ1) is 18.3. The van der Waals surface area contributed by atoms with Gasteiger partial charge < -0.3 is 9.84 Å². The van der Waals surface area contributed by atoms with Gasteiger partial charge in [0.15, 0.2) is 5.78 Å². The van der Waals surface area contributed by atoms with E-state index in [4.69, 9.17) is 16.3 Å². The number of phenolic OH excluding ortho intramolecular Hbond substituents is 1. The third-order valence-corrected chi connectivity index (χ3v) is 4.70. The van der Waals surface area contributed by atoms with Gasteiger partial charge >= 0.3 is 0 Å². The van der Waals surface area contributed by atoms with Crippen LogP contribution in [0.3, 0.4) is 0 Å². The second kappa shape index (κ2) is 8.20. The van der Waals surface area contributed by atoms with Crippen molar-refractivity contribution in [3.05, 3.63) is 57.6 Å². The van der Waals surface area contributed by atoms with E-state index in [1.54, 1.807) is 6.92 Å². The molecule has 4 heteroatoms. The number of unbranched alkanes of at least 4 members (excludes halogenated alkanes) is 1. The molecular formula is C20H23ClO3. The molecule has 0 aliphatic carbocycles. The van der Waals surface area contributed by atoms with Crippen molar-refractivity contribution >= 4 is 17.4 Å². The predicted molar refractivity (Wildman–Crippen MR) is 97.5 cm³/mol. The number of carbonyl (C=O) groups excluding carboxylic acids is 1. The van der Waals surface area contributed by atoms with E-state index < -0.39 is 0 Å². The summed E-state index contributed by atoms with van der Waals surface area (Å²) >= 11 is 6.34. The summed E-state index contributed by atoms with van der Waals surface area (Å²) in [7, 11) is 1.53. The summed E-state index contributed by atoms with van der Waals surface area (Å²) in [6.45, 7) is 3.16. The molecule has 0 bridgehead atoms. The summed E-state index contributed by atoms with van der Waals surface area (Å²) in [5, 5.41) is 10.9. The van der Waals surface area contributed by atoms with E-state index in [-0.39, 0.29) is 11.5 Å². The summed E-state index contributed by atoms with van der Waals surface area (Å²) in [6.07, 6.45) is 3.44. The number of phenols is 1. The fourth-order valence-corrected chi connectivity index (χ4v) is 3.29. The molecule has 0 atom stereocenters. The molecule has 0 radical (unpaired) electrons. The van der Waals surface area contributed by atoms with Crippen molar-refractivity contribution in [2.75, 3.05) is 7.11 Å². The normalized spacial score (nSPS) is 10.7. The maximum atomic E-state index is 11.8. The van der Waals surface area contributed by atoms with E-state index in [2.05, 4.69) is 12.1 Å². The first-order chi connectivity index (χ1) is 11.5. The minimum absolute atomic E-state index is 0.000890. The van der Waals surface area contributed by atoms with E-state index in [0.29, 0.717) is 33.9 Å². The number of aromatic hydroxyl groups is 1. The van der Waals surface area contributed by atoms with Gasteiger partial charge in [0, 0.05) is 5.56 Å². The van der Waals surface area contributed by atoms with E-state index >= 15 is 0 Å². The van der Waals surface area contributed by atoms with Gasteiger partial charge in [0.1, 0.15) is 11.5 Å². The SMILES string of the molecule is COc1c(Cl)c(C)c(C(C)=O)c(O)c1CCCCc1ccccc1. The van der Waals surface area contributed by atoms with Gasteiger partial charge in [-0.25, -0.2) is 0 Å². The highest BCUT2D eigenvalue weighted by atomic mass is 35.5. The number of ether oxygens (including phenoxy) is 1. The number of methoxy groups -OCH3 is 1. The lowest BCUT2D eigenvalue weighted by molar-refractivity contribution is 0.101. The standard InChI is InChI=1S/C20H23ClO3/c1-13-17(14(2)22)19(23)16(20(24-3)18(13)21)12-8-7-11-15-9-5-4-6-10-15/h4-6,9-10,23H,7-8,11-12H2,1-3H3. The quantitative estimate of drug-likeness (QED) is 0.558. The van der Waals surface area contributed by atoms with Crippen molar-refractivity contribution < 1.29 is 14.6 Å². The highest BCUT2D eigenvalue weighted by molar-refractivity contribution is 6.33. The molecule has 0 heterocycles.